The number of aliphatic hydroxyl groups is 1. The molecular weight excluding hydrogens is 506 g/mol. The highest BCUT2D eigenvalue weighted by Gasteiger charge is 2.46. The van der Waals surface area contributed by atoms with E-state index in [0.29, 0.717) is 19.6 Å². The Morgan fingerprint density at radius 1 is 0.975 bits per heavy atom. The standard InChI is InChI=1S/C31H43N5O4/c1-31(2,3)40-30(39)36-19-24-17-25(36)18-35(24)21-26(37)20-34-15-13-23(14-16-34)32-29(38)33-28-12-8-7-11-27(28)22-9-5-4-6-10-22/h4-12,23-26,37H,13-21H2,1-3H3,(H2,32,33,38)/t24-,25+,26?/m0/s1. The van der Waals surface area contributed by atoms with Crippen LogP contribution < -0.4 is 10.6 Å². The molecule has 0 saturated carbocycles. The van der Waals surface area contributed by atoms with Crippen molar-refractivity contribution in [2.24, 2.45) is 0 Å². The Labute approximate surface area is 237 Å². The van der Waals surface area contributed by atoms with Gasteiger partial charge in [0.25, 0.3) is 0 Å². The first-order chi connectivity index (χ1) is 19.1. The highest BCUT2D eigenvalue weighted by molar-refractivity contribution is 5.94. The number of carbonyl (C=O) groups excluding carboxylic acids is 2. The molecule has 9 heteroatoms. The number of nitrogens with one attached hydrogen (secondary N) is 2. The van der Waals surface area contributed by atoms with E-state index in [1.807, 2.05) is 80.3 Å². The SMILES string of the molecule is CC(C)(C)OC(=O)N1C[C@@H]2C[C@@H]1CN2CC(O)CN1CCC(NC(=O)Nc2ccccc2-c2ccccc2)CC1. The average molecular weight is 550 g/mol. The molecule has 2 bridgehead atoms. The number of β-amino-alcohol motifs (C(OH)–C–C–N with tert-alkyl or cyclic N) is 1. The van der Waals surface area contributed by atoms with Crippen LogP contribution in [0.4, 0.5) is 15.3 Å². The molecule has 3 aliphatic heterocycles. The van der Waals surface area contributed by atoms with E-state index in [2.05, 4.69) is 20.4 Å². The molecule has 0 spiro atoms. The number of urea groups is 1. The summed E-state index contributed by atoms with van der Waals surface area (Å²) in [6.45, 7) is 10.0. The fraction of sp³-hybridized carbons (Fsp3) is 0.548. The lowest BCUT2D eigenvalue weighted by atomic mass is 10.0. The summed E-state index contributed by atoms with van der Waals surface area (Å²) in [7, 11) is 0. The van der Waals surface area contributed by atoms with E-state index < -0.39 is 11.7 Å². The number of piperazine rings is 1. The van der Waals surface area contributed by atoms with Crippen LogP contribution in [0.5, 0.6) is 0 Å². The normalized spacial score (nSPS) is 22.8. The maximum atomic E-state index is 12.8. The number of carbonyl (C=O) groups is 2. The molecule has 0 aliphatic carbocycles. The number of hydrogen-bond donors (Lipinski definition) is 3. The van der Waals surface area contributed by atoms with Crippen LogP contribution in [0, 0.1) is 0 Å². The minimum atomic E-state index is -0.491. The molecule has 0 radical (unpaired) electrons. The summed E-state index contributed by atoms with van der Waals surface area (Å²) in [6, 6.07) is 18.2. The van der Waals surface area contributed by atoms with Crippen molar-refractivity contribution < 1.29 is 19.4 Å². The van der Waals surface area contributed by atoms with E-state index >= 15 is 0 Å². The maximum absolute atomic E-state index is 12.8. The Kier molecular flexibility index (Phi) is 8.63. The number of likely N-dealkylation sites (tertiary alicyclic amines) is 3. The van der Waals surface area contributed by atoms with Crippen LogP contribution >= 0.6 is 0 Å². The monoisotopic (exact) mass is 549 g/mol. The van der Waals surface area contributed by atoms with Gasteiger partial charge in [-0.15, -0.1) is 0 Å². The predicted octanol–water partition coefficient (Wildman–Crippen LogP) is 3.99. The summed E-state index contributed by atoms with van der Waals surface area (Å²) in [4.78, 5) is 31.8. The Hall–Kier alpha value is -3.14. The van der Waals surface area contributed by atoms with Crippen molar-refractivity contribution in [2.45, 2.75) is 69.9 Å². The van der Waals surface area contributed by atoms with Crippen molar-refractivity contribution in [1.82, 2.24) is 20.0 Å². The zero-order valence-electron chi connectivity index (χ0n) is 23.9. The van der Waals surface area contributed by atoms with Crippen molar-refractivity contribution in [1.29, 1.82) is 0 Å². The van der Waals surface area contributed by atoms with Gasteiger partial charge in [-0.2, -0.15) is 0 Å². The lowest BCUT2D eigenvalue weighted by Gasteiger charge is -2.37. The maximum Gasteiger partial charge on any atom is 0.410 e. The fourth-order valence-corrected chi connectivity index (χ4v) is 6.21. The molecule has 3 N–H and O–H groups in total. The van der Waals surface area contributed by atoms with Crippen molar-refractivity contribution in [3.63, 3.8) is 0 Å². The summed E-state index contributed by atoms with van der Waals surface area (Å²) in [6.07, 6.45) is 1.96. The molecule has 3 atom stereocenters. The van der Waals surface area contributed by atoms with E-state index in [-0.39, 0.29) is 30.2 Å². The molecule has 3 saturated heterocycles. The number of piperidine rings is 1. The molecule has 0 aromatic heterocycles. The lowest BCUT2D eigenvalue weighted by Crippen LogP contribution is -2.53. The zero-order valence-corrected chi connectivity index (χ0v) is 23.9. The number of ether oxygens (including phenoxy) is 1. The third-order valence-corrected chi connectivity index (χ3v) is 8.08. The van der Waals surface area contributed by atoms with Gasteiger partial charge in [-0.1, -0.05) is 48.5 Å². The summed E-state index contributed by atoms with van der Waals surface area (Å²) in [5, 5.41) is 17.0. The van der Waals surface area contributed by atoms with E-state index in [0.717, 1.165) is 55.7 Å². The van der Waals surface area contributed by atoms with Crippen LogP contribution in [0.2, 0.25) is 0 Å². The van der Waals surface area contributed by atoms with Crippen LogP contribution in [-0.2, 0) is 4.74 Å². The minimum Gasteiger partial charge on any atom is -0.444 e. The number of rotatable bonds is 7. The molecule has 3 fully saturated rings. The van der Waals surface area contributed by atoms with Gasteiger partial charge in [-0.25, -0.2) is 9.59 Å². The van der Waals surface area contributed by atoms with Crippen LogP contribution in [0.1, 0.15) is 40.0 Å². The molecule has 3 amide bonds. The summed E-state index contributed by atoms with van der Waals surface area (Å²) in [5.41, 5.74) is 2.35. The highest BCUT2D eigenvalue weighted by atomic mass is 16.6. The molecule has 216 valence electrons. The zero-order chi connectivity index (χ0) is 28.3. The van der Waals surface area contributed by atoms with Crippen molar-refractivity contribution >= 4 is 17.8 Å². The molecule has 3 aliphatic rings. The Morgan fingerprint density at radius 3 is 2.35 bits per heavy atom. The van der Waals surface area contributed by atoms with Gasteiger partial charge in [-0.05, 0) is 51.7 Å². The van der Waals surface area contributed by atoms with Crippen LogP contribution in [0.15, 0.2) is 54.6 Å². The number of fused-ring (bicyclic) bond motifs is 2. The molecule has 3 heterocycles. The van der Waals surface area contributed by atoms with Crippen molar-refractivity contribution in [3.05, 3.63) is 54.6 Å². The second-order valence-corrected chi connectivity index (χ2v) is 12.4. The van der Waals surface area contributed by atoms with Gasteiger partial charge >= 0.3 is 12.1 Å². The van der Waals surface area contributed by atoms with Gasteiger partial charge in [0.1, 0.15) is 5.60 Å². The number of para-hydroxylation sites is 1. The van der Waals surface area contributed by atoms with Gasteiger partial charge < -0.3 is 30.3 Å². The first-order valence-electron chi connectivity index (χ1n) is 14.5. The number of aliphatic hydroxyl groups excluding tert-OH is 1. The van der Waals surface area contributed by atoms with Gasteiger partial charge in [0.15, 0.2) is 0 Å². The summed E-state index contributed by atoms with van der Waals surface area (Å²) < 4.78 is 5.56. The minimum absolute atomic E-state index is 0.102. The number of hydrogen-bond acceptors (Lipinski definition) is 6. The van der Waals surface area contributed by atoms with Crippen LogP contribution in [-0.4, -0.2) is 101 Å². The number of anilines is 1. The molecule has 9 nitrogen and oxygen atoms in total. The smallest absolute Gasteiger partial charge is 0.410 e. The largest absolute Gasteiger partial charge is 0.444 e. The lowest BCUT2D eigenvalue weighted by molar-refractivity contribution is 0.00608. The number of amides is 3. The third-order valence-electron chi connectivity index (χ3n) is 8.08. The second kappa shape index (κ2) is 12.2. The van der Waals surface area contributed by atoms with E-state index in [4.69, 9.17) is 4.74 Å². The Bertz CT molecular complexity index is 1160. The molecule has 1 unspecified atom stereocenters. The fourth-order valence-electron chi connectivity index (χ4n) is 6.21. The second-order valence-electron chi connectivity index (χ2n) is 12.4. The first kappa shape index (κ1) is 28.4. The van der Waals surface area contributed by atoms with Crippen LogP contribution in [0.25, 0.3) is 11.1 Å². The molecule has 40 heavy (non-hydrogen) atoms. The van der Waals surface area contributed by atoms with Crippen molar-refractivity contribution in [2.75, 3.05) is 44.6 Å². The van der Waals surface area contributed by atoms with Gasteiger partial charge in [0.2, 0.25) is 0 Å². The van der Waals surface area contributed by atoms with E-state index in [1.165, 1.54) is 0 Å². The molecule has 5 rings (SSSR count). The average Bonchev–Trinajstić information content (AvgIpc) is 3.50. The quantitative estimate of drug-likeness (QED) is 0.483. The van der Waals surface area contributed by atoms with Gasteiger partial charge in [0, 0.05) is 63.0 Å². The van der Waals surface area contributed by atoms with E-state index in [1.54, 1.807) is 0 Å². The Morgan fingerprint density at radius 2 is 1.68 bits per heavy atom. The molecule has 2 aromatic carbocycles. The van der Waals surface area contributed by atoms with Crippen molar-refractivity contribution in [3.8, 4) is 11.1 Å². The number of nitrogens with zero attached hydrogens (tertiary/aromatic N) is 3. The summed E-state index contributed by atoms with van der Waals surface area (Å²) in [5.74, 6) is 0. The van der Waals surface area contributed by atoms with Crippen LogP contribution in [0.3, 0.4) is 0 Å². The van der Waals surface area contributed by atoms with Gasteiger partial charge in [-0.3, -0.25) is 4.90 Å². The number of benzene rings is 2. The predicted molar refractivity (Wildman–Crippen MR) is 156 cm³/mol. The first-order valence-corrected chi connectivity index (χ1v) is 14.5. The molecule has 2 aromatic rings. The third kappa shape index (κ3) is 7.13. The summed E-state index contributed by atoms with van der Waals surface area (Å²) >= 11 is 0. The Balaban J connectivity index is 1.02. The molecular formula is C31H43N5O4. The van der Waals surface area contributed by atoms with Gasteiger partial charge in [0.05, 0.1) is 11.8 Å². The van der Waals surface area contributed by atoms with E-state index in [9.17, 15) is 14.7 Å². The topological polar surface area (TPSA) is 97.4 Å². The highest BCUT2D eigenvalue weighted by Crippen LogP contribution is 2.32.